The fourth-order valence-electron chi connectivity index (χ4n) is 4.07. The molecule has 9 heteroatoms. The van der Waals surface area contributed by atoms with E-state index in [1.165, 1.54) is 6.33 Å². The van der Waals surface area contributed by atoms with Crippen LogP contribution in [0.2, 0.25) is 5.15 Å². The lowest BCUT2D eigenvalue weighted by Gasteiger charge is -2.31. The van der Waals surface area contributed by atoms with E-state index in [9.17, 15) is 18.3 Å². The molecule has 0 amide bonds. The minimum atomic E-state index is -4.39. The van der Waals surface area contributed by atoms with Crippen LogP contribution in [-0.2, 0) is 13.1 Å². The maximum Gasteiger partial charge on any atom is 0.406 e. The van der Waals surface area contributed by atoms with Crippen LogP contribution in [0, 0.1) is 5.92 Å². The van der Waals surface area contributed by atoms with Crippen molar-refractivity contribution in [1.82, 2.24) is 19.4 Å². The van der Waals surface area contributed by atoms with Crippen LogP contribution in [0.3, 0.4) is 0 Å². The van der Waals surface area contributed by atoms with Crippen molar-refractivity contribution in [1.29, 1.82) is 0 Å². The number of likely N-dealkylation sites (tertiary alicyclic amines) is 1. The summed E-state index contributed by atoms with van der Waals surface area (Å²) in [5.41, 5.74) is 2.05. The highest BCUT2D eigenvalue weighted by Gasteiger charge is 2.31. The number of alkyl halides is 3. The van der Waals surface area contributed by atoms with Gasteiger partial charge in [0.15, 0.2) is 5.15 Å². The van der Waals surface area contributed by atoms with Crippen LogP contribution in [0.25, 0.3) is 21.9 Å². The van der Waals surface area contributed by atoms with Crippen molar-refractivity contribution in [3.8, 4) is 0 Å². The molecule has 1 unspecified atom stereocenters. The highest BCUT2D eigenvalue weighted by Crippen LogP contribution is 2.34. The van der Waals surface area contributed by atoms with Gasteiger partial charge in [-0.3, -0.25) is 4.90 Å². The monoisotopic (exact) mass is 412 g/mol. The van der Waals surface area contributed by atoms with Gasteiger partial charge >= 0.3 is 6.18 Å². The summed E-state index contributed by atoms with van der Waals surface area (Å²) in [4.78, 5) is 10.3. The fraction of sp³-hybridized carbons (Fsp3) is 0.474. The van der Waals surface area contributed by atoms with Crippen molar-refractivity contribution in [3.63, 3.8) is 0 Å². The van der Waals surface area contributed by atoms with Gasteiger partial charge in [-0.05, 0) is 43.0 Å². The summed E-state index contributed by atoms with van der Waals surface area (Å²) in [5, 5.41) is 10.1. The molecule has 0 radical (unpaired) electrons. The molecule has 1 aliphatic heterocycles. The normalized spacial score (nSPS) is 19.0. The summed E-state index contributed by atoms with van der Waals surface area (Å²) in [5.74, 6) is 0.276. The SMILES string of the molecule is OCC1CCCN(Cc2ccc3c(c2)c2ncnc(Cl)c2n3CC(F)(F)F)C1. The molecule has 0 aliphatic carbocycles. The Morgan fingerprint density at radius 1 is 1.25 bits per heavy atom. The number of fused-ring (bicyclic) bond motifs is 3. The van der Waals surface area contributed by atoms with E-state index >= 15 is 0 Å². The Kier molecular flexibility index (Phi) is 5.20. The summed E-state index contributed by atoms with van der Waals surface area (Å²) < 4.78 is 40.5. The number of rotatable bonds is 4. The van der Waals surface area contributed by atoms with Crippen LogP contribution in [0.5, 0.6) is 0 Å². The highest BCUT2D eigenvalue weighted by atomic mass is 35.5. The van der Waals surface area contributed by atoms with Gasteiger partial charge in [-0.2, -0.15) is 13.2 Å². The molecule has 1 aliphatic rings. The lowest BCUT2D eigenvalue weighted by atomic mass is 9.98. The third-order valence-corrected chi connectivity index (χ3v) is 5.54. The summed E-state index contributed by atoms with van der Waals surface area (Å²) in [6.07, 6.45) is -1.07. The Balaban J connectivity index is 1.75. The first kappa shape index (κ1) is 19.4. The second-order valence-electron chi connectivity index (χ2n) is 7.34. The topological polar surface area (TPSA) is 54.2 Å². The van der Waals surface area contributed by atoms with Crippen molar-refractivity contribution in [2.75, 3.05) is 19.7 Å². The largest absolute Gasteiger partial charge is 0.406 e. The molecule has 1 fully saturated rings. The highest BCUT2D eigenvalue weighted by molar-refractivity contribution is 6.34. The predicted molar refractivity (Wildman–Crippen MR) is 101 cm³/mol. The van der Waals surface area contributed by atoms with E-state index < -0.39 is 12.7 Å². The third-order valence-electron chi connectivity index (χ3n) is 5.26. The lowest BCUT2D eigenvalue weighted by Crippen LogP contribution is -2.36. The number of nitrogens with zero attached hydrogens (tertiary/aromatic N) is 4. The van der Waals surface area contributed by atoms with Gasteiger partial charge in [-0.15, -0.1) is 0 Å². The third kappa shape index (κ3) is 3.81. The Bertz CT molecular complexity index is 1000. The van der Waals surface area contributed by atoms with E-state index in [0.717, 1.165) is 36.1 Å². The number of aliphatic hydroxyl groups excluding tert-OH is 1. The molecule has 2 aromatic heterocycles. The van der Waals surface area contributed by atoms with Gasteiger partial charge in [-0.1, -0.05) is 17.7 Å². The predicted octanol–water partition coefficient (Wildman–Crippen LogP) is 4.00. The smallest absolute Gasteiger partial charge is 0.396 e. The molecule has 1 aromatic carbocycles. The lowest BCUT2D eigenvalue weighted by molar-refractivity contribution is -0.139. The fourth-order valence-corrected chi connectivity index (χ4v) is 4.30. The molecular weight excluding hydrogens is 393 g/mol. The van der Waals surface area contributed by atoms with Gasteiger partial charge in [0.2, 0.25) is 0 Å². The van der Waals surface area contributed by atoms with E-state index in [4.69, 9.17) is 11.6 Å². The molecule has 1 saturated heterocycles. The summed E-state index contributed by atoms with van der Waals surface area (Å²) >= 11 is 6.12. The van der Waals surface area contributed by atoms with Crippen LogP contribution >= 0.6 is 11.6 Å². The molecule has 3 aromatic rings. The van der Waals surface area contributed by atoms with E-state index in [1.54, 1.807) is 6.07 Å². The molecule has 28 heavy (non-hydrogen) atoms. The van der Waals surface area contributed by atoms with Gasteiger partial charge in [0.1, 0.15) is 23.9 Å². The van der Waals surface area contributed by atoms with Crippen molar-refractivity contribution in [2.45, 2.75) is 32.1 Å². The molecule has 4 rings (SSSR count). The molecule has 0 saturated carbocycles. The first-order valence-corrected chi connectivity index (χ1v) is 9.55. The number of benzene rings is 1. The number of piperidine rings is 1. The van der Waals surface area contributed by atoms with Gasteiger partial charge in [0.25, 0.3) is 0 Å². The molecule has 0 spiro atoms. The molecule has 1 N–H and O–H groups in total. The molecule has 5 nitrogen and oxygen atoms in total. The first-order chi connectivity index (χ1) is 13.4. The zero-order chi connectivity index (χ0) is 19.9. The van der Waals surface area contributed by atoms with Crippen molar-refractivity contribution < 1.29 is 18.3 Å². The van der Waals surface area contributed by atoms with Gasteiger partial charge in [0.05, 0.1) is 5.52 Å². The molecule has 1 atom stereocenters. The summed E-state index contributed by atoms with van der Waals surface area (Å²) in [6, 6.07) is 5.43. The Morgan fingerprint density at radius 2 is 2.07 bits per heavy atom. The Labute approximate surface area is 164 Å². The molecular formula is C19H20ClF3N4O. The molecule has 150 valence electrons. The van der Waals surface area contributed by atoms with E-state index in [1.807, 2.05) is 12.1 Å². The van der Waals surface area contributed by atoms with Gasteiger partial charge in [0, 0.05) is 25.1 Å². The summed E-state index contributed by atoms with van der Waals surface area (Å²) in [7, 11) is 0. The van der Waals surface area contributed by atoms with E-state index in [-0.39, 0.29) is 23.2 Å². The zero-order valence-corrected chi connectivity index (χ0v) is 15.8. The van der Waals surface area contributed by atoms with Gasteiger partial charge in [-0.25, -0.2) is 9.97 Å². The quantitative estimate of drug-likeness (QED) is 0.658. The van der Waals surface area contributed by atoms with E-state index in [0.29, 0.717) is 23.0 Å². The number of aliphatic hydroxyl groups is 1. The standard InChI is InChI=1S/C19H20ClF3N4O/c20-18-17-16(24-11-25-18)14-6-12(7-26-5-1-2-13(8-26)9-28)3-4-15(14)27(17)10-19(21,22)23/h3-4,6,11,13,28H,1-2,5,7-10H2. The van der Waals surface area contributed by atoms with Gasteiger partial charge < -0.3 is 9.67 Å². The zero-order valence-electron chi connectivity index (χ0n) is 15.1. The number of halogens is 4. The van der Waals surface area contributed by atoms with Crippen LogP contribution in [0.1, 0.15) is 18.4 Å². The number of hydrogen-bond donors (Lipinski definition) is 1. The second kappa shape index (κ2) is 7.50. The minimum absolute atomic E-state index is 0.00816. The van der Waals surface area contributed by atoms with Crippen LogP contribution in [0.4, 0.5) is 13.2 Å². The van der Waals surface area contributed by atoms with Crippen molar-refractivity contribution in [3.05, 3.63) is 35.2 Å². The molecule has 3 heterocycles. The van der Waals surface area contributed by atoms with Crippen molar-refractivity contribution in [2.24, 2.45) is 5.92 Å². The maximum absolute atomic E-state index is 13.1. The average molecular weight is 413 g/mol. The Hall–Kier alpha value is -1.90. The van der Waals surface area contributed by atoms with Crippen LogP contribution < -0.4 is 0 Å². The second-order valence-corrected chi connectivity index (χ2v) is 7.70. The maximum atomic E-state index is 13.1. The number of hydrogen-bond acceptors (Lipinski definition) is 4. The van der Waals surface area contributed by atoms with Crippen LogP contribution in [-0.4, -0.2) is 50.4 Å². The Morgan fingerprint density at radius 3 is 2.82 bits per heavy atom. The molecule has 0 bridgehead atoms. The number of aromatic nitrogens is 3. The average Bonchev–Trinajstić information content (AvgIpc) is 2.95. The van der Waals surface area contributed by atoms with Crippen molar-refractivity contribution >= 4 is 33.5 Å². The minimum Gasteiger partial charge on any atom is -0.396 e. The summed E-state index contributed by atoms with van der Waals surface area (Å²) in [6.45, 7) is 1.47. The van der Waals surface area contributed by atoms with E-state index in [2.05, 4.69) is 14.9 Å². The first-order valence-electron chi connectivity index (χ1n) is 9.17. The van der Waals surface area contributed by atoms with Crippen LogP contribution in [0.15, 0.2) is 24.5 Å².